The lowest BCUT2D eigenvalue weighted by molar-refractivity contribution is -0.00911. The molecule has 1 fully saturated rings. The second-order valence-corrected chi connectivity index (χ2v) is 8.38. The van der Waals surface area contributed by atoms with E-state index in [4.69, 9.17) is 0 Å². The molecule has 156 valence electrons. The minimum Gasteiger partial charge on any atom is -0.280 e. The van der Waals surface area contributed by atoms with E-state index in [2.05, 4.69) is 72.2 Å². The first-order valence-corrected chi connectivity index (χ1v) is 11.0. The van der Waals surface area contributed by atoms with E-state index in [1.54, 1.807) is 12.1 Å². The molecule has 30 heavy (non-hydrogen) atoms. The van der Waals surface area contributed by atoms with E-state index in [0.29, 0.717) is 0 Å². The minimum atomic E-state index is -0.176. The topological polar surface area (TPSA) is 6.48 Å². The third kappa shape index (κ3) is 4.97. The molecule has 0 saturated carbocycles. The molecule has 0 bridgehead atoms. The molecular weight excluding hydrogens is 371 g/mol. The predicted octanol–water partition coefficient (Wildman–Crippen LogP) is 6.10. The molecule has 0 spiro atoms. The molecule has 4 rings (SSSR count). The predicted molar refractivity (Wildman–Crippen MR) is 122 cm³/mol. The second kappa shape index (κ2) is 9.55. The van der Waals surface area contributed by atoms with E-state index in [1.807, 2.05) is 12.1 Å². The van der Waals surface area contributed by atoms with Crippen molar-refractivity contribution in [3.63, 3.8) is 0 Å². The van der Waals surface area contributed by atoms with Crippen molar-refractivity contribution in [1.82, 2.24) is 9.80 Å². The number of hydrogen-bond donors (Lipinski definition) is 0. The standard InChI is InChI=1S/C27H31FN2/c1-3-22-8-12-25(13-9-22)27-29(19-23-10-14-26(28)15-11-23)16-5-17-30(27)20-24-7-4-6-21(2)18-24/h4,6-15,18,27H,3,5,16-17,19-20H2,1-2H3/t27-/m1/s1. The van der Waals surface area contributed by atoms with Gasteiger partial charge in [0.2, 0.25) is 0 Å². The van der Waals surface area contributed by atoms with Gasteiger partial charge in [-0.25, -0.2) is 4.39 Å². The Morgan fingerprint density at radius 3 is 2.07 bits per heavy atom. The summed E-state index contributed by atoms with van der Waals surface area (Å²) in [7, 11) is 0. The molecule has 1 aliphatic heterocycles. The van der Waals surface area contributed by atoms with E-state index in [1.165, 1.54) is 22.3 Å². The Balaban J connectivity index is 1.63. The lowest BCUT2D eigenvalue weighted by atomic mass is 10.0. The van der Waals surface area contributed by atoms with E-state index >= 15 is 0 Å². The lowest BCUT2D eigenvalue weighted by Gasteiger charge is -2.44. The first kappa shape index (κ1) is 20.8. The zero-order valence-electron chi connectivity index (χ0n) is 18.0. The van der Waals surface area contributed by atoms with Crippen molar-refractivity contribution in [1.29, 1.82) is 0 Å². The zero-order valence-corrected chi connectivity index (χ0v) is 18.0. The van der Waals surface area contributed by atoms with Gasteiger partial charge in [-0.1, -0.05) is 73.2 Å². The summed E-state index contributed by atoms with van der Waals surface area (Å²) in [5, 5.41) is 0. The normalized spacial score (nSPS) is 17.9. The highest BCUT2D eigenvalue weighted by Gasteiger charge is 2.30. The summed E-state index contributed by atoms with van der Waals surface area (Å²) in [5.41, 5.74) is 6.51. The molecule has 0 N–H and O–H groups in total. The Morgan fingerprint density at radius 2 is 1.43 bits per heavy atom. The molecular formula is C27H31FN2. The summed E-state index contributed by atoms with van der Waals surface area (Å²) in [6, 6.07) is 24.8. The Bertz CT molecular complexity index is 949. The van der Waals surface area contributed by atoms with E-state index in [0.717, 1.165) is 44.6 Å². The quantitative estimate of drug-likeness (QED) is 0.491. The van der Waals surface area contributed by atoms with Crippen LogP contribution in [-0.4, -0.2) is 22.9 Å². The summed E-state index contributed by atoms with van der Waals surface area (Å²) in [6.45, 7) is 8.23. The van der Waals surface area contributed by atoms with Crippen LogP contribution < -0.4 is 0 Å². The number of rotatable bonds is 6. The molecule has 3 aromatic rings. The van der Waals surface area contributed by atoms with Crippen molar-refractivity contribution >= 4 is 0 Å². The SMILES string of the molecule is CCc1ccc([C@@H]2N(Cc3ccc(F)cc3)CCCN2Cc2cccc(C)c2)cc1. The van der Waals surface area contributed by atoms with Crippen LogP contribution >= 0.6 is 0 Å². The molecule has 0 amide bonds. The summed E-state index contributed by atoms with van der Waals surface area (Å²) in [6.07, 6.45) is 2.41. The molecule has 1 atom stereocenters. The highest BCUT2D eigenvalue weighted by molar-refractivity contribution is 5.27. The number of aryl methyl sites for hydroxylation is 2. The molecule has 3 aromatic carbocycles. The molecule has 0 aromatic heterocycles. The third-order valence-corrected chi connectivity index (χ3v) is 6.04. The molecule has 0 aliphatic carbocycles. The van der Waals surface area contributed by atoms with Gasteiger partial charge in [0.1, 0.15) is 5.82 Å². The molecule has 0 radical (unpaired) electrons. The number of hydrogen-bond acceptors (Lipinski definition) is 2. The number of halogens is 1. The van der Waals surface area contributed by atoms with Crippen LogP contribution in [0.2, 0.25) is 0 Å². The van der Waals surface area contributed by atoms with Crippen molar-refractivity contribution in [2.45, 2.75) is 45.9 Å². The highest BCUT2D eigenvalue weighted by Crippen LogP contribution is 2.32. The number of benzene rings is 3. The van der Waals surface area contributed by atoms with Crippen LogP contribution in [0.5, 0.6) is 0 Å². The average Bonchev–Trinajstić information content (AvgIpc) is 2.76. The van der Waals surface area contributed by atoms with Gasteiger partial charge in [-0.2, -0.15) is 0 Å². The molecule has 1 aliphatic rings. The van der Waals surface area contributed by atoms with Crippen LogP contribution in [0.1, 0.15) is 47.3 Å². The van der Waals surface area contributed by atoms with Crippen molar-refractivity contribution in [3.8, 4) is 0 Å². The molecule has 0 unspecified atom stereocenters. The van der Waals surface area contributed by atoms with Crippen molar-refractivity contribution in [2.75, 3.05) is 13.1 Å². The fourth-order valence-electron chi connectivity index (χ4n) is 4.50. The van der Waals surface area contributed by atoms with Gasteiger partial charge < -0.3 is 0 Å². The van der Waals surface area contributed by atoms with Crippen LogP contribution in [0.4, 0.5) is 4.39 Å². The third-order valence-electron chi connectivity index (χ3n) is 6.04. The summed E-state index contributed by atoms with van der Waals surface area (Å²) >= 11 is 0. The molecule has 2 nitrogen and oxygen atoms in total. The van der Waals surface area contributed by atoms with Gasteiger partial charge in [0.05, 0.1) is 6.17 Å². The fraction of sp³-hybridized carbons (Fsp3) is 0.333. The molecule has 1 heterocycles. The van der Waals surface area contributed by atoms with Gasteiger partial charge in [0, 0.05) is 26.2 Å². The van der Waals surface area contributed by atoms with Crippen molar-refractivity contribution in [2.24, 2.45) is 0 Å². The number of nitrogens with zero attached hydrogens (tertiary/aromatic N) is 2. The van der Waals surface area contributed by atoms with E-state index in [-0.39, 0.29) is 12.0 Å². The Morgan fingerprint density at radius 1 is 0.800 bits per heavy atom. The first-order chi connectivity index (χ1) is 14.6. The summed E-state index contributed by atoms with van der Waals surface area (Å²) in [5.74, 6) is -0.176. The average molecular weight is 403 g/mol. The van der Waals surface area contributed by atoms with E-state index < -0.39 is 0 Å². The van der Waals surface area contributed by atoms with Gasteiger partial charge >= 0.3 is 0 Å². The Labute approximate surface area is 180 Å². The van der Waals surface area contributed by atoms with Crippen LogP contribution in [0.3, 0.4) is 0 Å². The maximum atomic E-state index is 13.4. The van der Waals surface area contributed by atoms with Crippen molar-refractivity contribution < 1.29 is 4.39 Å². The summed E-state index contributed by atoms with van der Waals surface area (Å²) < 4.78 is 13.4. The molecule has 3 heteroatoms. The first-order valence-electron chi connectivity index (χ1n) is 11.0. The smallest absolute Gasteiger partial charge is 0.123 e. The maximum absolute atomic E-state index is 13.4. The van der Waals surface area contributed by atoms with E-state index in [9.17, 15) is 4.39 Å². The van der Waals surface area contributed by atoms with Gasteiger partial charge in [-0.3, -0.25) is 9.80 Å². The summed E-state index contributed by atoms with van der Waals surface area (Å²) in [4.78, 5) is 5.12. The van der Waals surface area contributed by atoms with Gasteiger partial charge in [0.15, 0.2) is 0 Å². The van der Waals surface area contributed by atoms with Crippen LogP contribution in [0, 0.1) is 12.7 Å². The molecule has 1 saturated heterocycles. The van der Waals surface area contributed by atoms with Gasteiger partial charge in [0.25, 0.3) is 0 Å². The highest BCUT2D eigenvalue weighted by atomic mass is 19.1. The van der Waals surface area contributed by atoms with Crippen LogP contribution in [-0.2, 0) is 19.5 Å². The largest absolute Gasteiger partial charge is 0.280 e. The maximum Gasteiger partial charge on any atom is 0.123 e. The van der Waals surface area contributed by atoms with Gasteiger partial charge in [-0.15, -0.1) is 0 Å². The zero-order chi connectivity index (χ0) is 20.9. The van der Waals surface area contributed by atoms with Gasteiger partial charge in [-0.05, 0) is 54.2 Å². The van der Waals surface area contributed by atoms with Crippen LogP contribution in [0.25, 0.3) is 0 Å². The Kier molecular flexibility index (Phi) is 6.61. The minimum absolute atomic E-state index is 0.176. The second-order valence-electron chi connectivity index (χ2n) is 8.38. The lowest BCUT2D eigenvalue weighted by Crippen LogP contribution is -2.46. The van der Waals surface area contributed by atoms with Crippen molar-refractivity contribution in [3.05, 3.63) is 106 Å². The Hall–Kier alpha value is -2.49. The van der Waals surface area contributed by atoms with Crippen LogP contribution in [0.15, 0.2) is 72.8 Å². The monoisotopic (exact) mass is 402 g/mol. The fourth-order valence-corrected chi connectivity index (χ4v) is 4.50.